The van der Waals surface area contributed by atoms with E-state index in [1.807, 2.05) is 13.8 Å². The third-order valence-electron chi connectivity index (χ3n) is 3.38. The maximum absolute atomic E-state index is 11.9. The Balaban J connectivity index is 3.53. The summed E-state index contributed by atoms with van der Waals surface area (Å²) in [7, 11) is 0. The van der Waals surface area contributed by atoms with E-state index in [0.29, 0.717) is 5.57 Å². The molecule has 0 fully saturated rings. The average molecular weight is 209 g/mol. The Morgan fingerprint density at radius 2 is 1.60 bits per heavy atom. The molecule has 1 rings (SSSR count). The van der Waals surface area contributed by atoms with Crippen LogP contribution < -0.4 is 0 Å². The summed E-state index contributed by atoms with van der Waals surface area (Å²) >= 11 is 0. The standard InChI is InChI=1S/C11H15NO3/c1-6-7(2)9(12(14)15)10(13)11(4,5)8(6)3/h1-5H3. The SMILES string of the molecule is CC1=C([N+](=O)[O-])C(=O)C(C)(C)C(C)=C1C. The van der Waals surface area contributed by atoms with E-state index in [1.165, 1.54) is 0 Å². The van der Waals surface area contributed by atoms with Crippen LogP contribution in [0.3, 0.4) is 0 Å². The lowest BCUT2D eigenvalue weighted by Gasteiger charge is -2.29. The summed E-state index contributed by atoms with van der Waals surface area (Å²) in [5.41, 5.74) is 1.23. The number of carbonyl (C=O) groups excluding carboxylic acids is 1. The van der Waals surface area contributed by atoms with E-state index < -0.39 is 16.1 Å². The van der Waals surface area contributed by atoms with E-state index >= 15 is 0 Å². The molecule has 4 nitrogen and oxygen atoms in total. The number of nitro groups is 1. The molecule has 0 aromatic heterocycles. The molecule has 0 bridgehead atoms. The average Bonchev–Trinajstić information content (AvgIpc) is 2.12. The zero-order valence-electron chi connectivity index (χ0n) is 9.67. The van der Waals surface area contributed by atoms with Crippen molar-refractivity contribution in [1.29, 1.82) is 0 Å². The second-order valence-electron chi connectivity index (χ2n) is 4.43. The fourth-order valence-corrected chi connectivity index (χ4v) is 1.78. The number of ketones is 1. The van der Waals surface area contributed by atoms with Crippen LogP contribution in [0.5, 0.6) is 0 Å². The molecule has 0 radical (unpaired) electrons. The van der Waals surface area contributed by atoms with Crippen LogP contribution in [0.15, 0.2) is 22.4 Å². The molecule has 0 aromatic carbocycles. The first-order valence-electron chi connectivity index (χ1n) is 4.79. The molecule has 1 aliphatic carbocycles. The van der Waals surface area contributed by atoms with Gasteiger partial charge in [-0.3, -0.25) is 14.9 Å². The lowest BCUT2D eigenvalue weighted by atomic mass is 9.72. The molecular weight excluding hydrogens is 194 g/mol. The molecule has 82 valence electrons. The molecule has 0 aliphatic heterocycles. The van der Waals surface area contributed by atoms with E-state index in [0.717, 1.165) is 11.1 Å². The van der Waals surface area contributed by atoms with Crippen molar-refractivity contribution in [3.05, 3.63) is 32.5 Å². The van der Waals surface area contributed by atoms with E-state index in [4.69, 9.17) is 0 Å². The van der Waals surface area contributed by atoms with Gasteiger partial charge < -0.3 is 0 Å². The molecule has 0 amide bonds. The Morgan fingerprint density at radius 1 is 1.13 bits per heavy atom. The summed E-state index contributed by atoms with van der Waals surface area (Å²) in [6.07, 6.45) is 0. The summed E-state index contributed by atoms with van der Waals surface area (Å²) in [6, 6.07) is 0. The van der Waals surface area contributed by atoms with Crippen molar-refractivity contribution >= 4 is 5.78 Å². The van der Waals surface area contributed by atoms with Gasteiger partial charge in [-0.2, -0.15) is 0 Å². The van der Waals surface area contributed by atoms with Crippen LogP contribution in [-0.2, 0) is 4.79 Å². The fraction of sp³-hybridized carbons (Fsp3) is 0.545. The van der Waals surface area contributed by atoms with Gasteiger partial charge in [0.05, 0.1) is 10.3 Å². The second kappa shape index (κ2) is 3.29. The van der Waals surface area contributed by atoms with Crippen LogP contribution in [0.25, 0.3) is 0 Å². The fourth-order valence-electron chi connectivity index (χ4n) is 1.78. The molecule has 15 heavy (non-hydrogen) atoms. The third-order valence-corrected chi connectivity index (χ3v) is 3.38. The Hall–Kier alpha value is -1.45. The highest BCUT2D eigenvalue weighted by atomic mass is 16.6. The number of hydrogen-bond donors (Lipinski definition) is 0. The molecule has 1 aliphatic rings. The number of rotatable bonds is 1. The summed E-state index contributed by atoms with van der Waals surface area (Å²) in [4.78, 5) is 22.2. The minimum absolute atomic E-state index is 0.261. The summed E-state index contributed by atoms with van der Waals surface area (Å²) < 4.78 is 0. The van der Waals surface area contributed by atoms with E-state index in [-0.39, 0.29) is 5.70 Å². The van der Waals surface area contributed by atoms with Gasteiger partial charge in [-0.15, -0.1) is 0 Å². The van der Waals surface area contributed by atoms with Crippen LogP contribution in [0.1, 0.15) is 34.6 Å². The Labute approximate surface area is 88.8 Å². The summed E-state index contributed by atoms with van der Waals surface area (Å²) in [5.74, 6) is -0.395. The molecule has 0 atom stereocenters. The molecular formula is C11H15NO3. The number of nitrogens with zero attached hydrogens (tertiary/aromatic N) is 1. The Bertz CT molecular complexity index is 414. The van der Waals surface area contributed by atoms with Crippen molar-refractivity contribution in [2.24, 2.45) is 5.41 Å². The molecule has 0 spiro atoms. The monoisotopic (exact) mass is 209 g/mol. The molecule has 0 N–H and O–H groups in total. The minimum atomic E-state index is -0.758. The number of carbonyl (C=O) groups is 1. The third kappa shape index (κ3) is 1.50. The quantitative estimate of drug-likeness (QED) is 0.492. The maximum Gasteiger partial charge on any atom is 0.316 e. The first-order valence-corrected chi connectivity index (χ1v) is 4.79. The first-order chi connectivity index (χ1) is 6.71. The largest absolute Gasteiger partial charge is 0.316 e. The number of hydrogen-bond acceptors (Lipinski definition) is 3. The van der Waals surface area contributed by atoms with Crippen molar-refractivity contribution < 1.29 is 9.72 Å². The van der Waals surface area contributed by atoms with Gasteiger partial charge in [0.15, 0.2) is 0 Å². The van der Waals surface area contributed by atoms with Crippen LogP contribution >= 0.6 is 0 Å². The van der Waals surface area contributed by atoms with Gasteiger partial charge in [-0.05, 0) is 40.2 Å². The highest BCUT2D eigenvalue weighted by Gasteiger charge is 2.43. The minimum Gasteiger partial charge on any atom is -0.286 e. The first kappa shape index (κ1) is 11.6. The molecule has 0 saturated heterocycles. The van der Waals surface area contributed by atoms with E-state index in [2.05, 4.69) is 0 Å². The van der Waals surface area contributed by atoms with Gasteiger partial charge in [-0.1, -0.05) is 5.57 Å². The van der Waals surface area contributed by atoms with Crippen molar-refractivity contribution in [3.63, 3.8) is 0 Å². The van der Waals surface area contributed by atoms with Gasteiger partial charge in [0.25, 0.3) is 0 Å². The number of Topliss-reactive ketones (excluding diaryl/α,β-unsaturated/α-hetero) is 1. The highest BCUT2D eigenvalue weighted by molar-refractivity contribution is 6.02. The molecule has 0 unspecified atom stereocenters. The lowest BCUT2D eigenvalue weighted by Crippen LogP contribution is -2.34. The van der Waals surface area contributed by atoms with Gasteiger partial charge in [-0.25, -0.2) is 0 Å². The Morgan fingerprint density at radius 3 is 2.00 bits per heavy atom. The predicted molar refractivity (Wildman–Crippen MR) is 56.9 cm³/mol. The Kier molecular flexibility index (Phi) is 2.55. The van der Waals surface area contributed by atoms with Gasteiger partial charge in [0.1, 0.15) is 0 Å². The van der Waals surface area contributed by atoms with E-state index in [9.17, 15) is 14.9 Å². The second-order valence-corrected chi connectivity index (χ2v) is 4.43. The van der Waals surface area contributed by atoms with Crippen molar-refractivity contribution in [2.75, 3.05) is 0 Å². The smallest absolute Gasteiger partial charge is 0.286 e. The maximum atomic E-state index is 11.9. The molecule has 0 saturated carbocycles. The predicted octanol–water partition coefficient (Wildman–Crippen LogP) is 2.48. The summed E-state index contributed by atoms with van der Waals surface area (Å²) in [5, 5.41) is 10.8. The molecule has 0 aromatic rings. The zero-order chi connectivity index (χ0) is 12.0. The van der Waals surface area contributed by atoms with Gasteiger partial charge in [0, 0.05) is 5.57 Å². The van der Waals surface area contributed by atoms with Crippen LogP contribution in [0.2, 0.25) is 0 Å². The van der Waals surface area contributed by atoms with Gasteiger partial charge in [0.2, 0.25) is 5.78 Å². The van der Waals surface area contributed by atoms with Crippen molar-refractivity contribution in [1.82, 2.24) is 0 Å². The lowest BCUT2D eigenvalue weighted by molar-refractivity contribution is -0.420. The van der Waals surface area contributed by atoms with Crippen molar-refractivity contribution in [2.45, 2.75) is 34.6 Å². The molecule has 0 heterocycles. The van der Waals surface area contributed by atoms with Crippen molar-refractivity contribution in [3.8, 4) is 0 Å². The van der Waals surface area contributed by atoms with Crippen LogP contribution in [0, 0.1) is 15.5 Å². The highest BCUT2D eigenvalue weighted by Crippen LogP contribution is 2.39. The van der Waals surface area contributed by atoms with Crippen LogP contribution in [-0.4, -0.2) is 10.7 Å². The number of allylic oxidation sites excluding steroid dienone is 4. The normalized spacial score (nSPS) is 21.0. The molecule has 4 heteroatoms. The zero-order valence-corrected chi connectivity index (χ0v) is 9.67. The van der Waals surface area contributed by atoms with E-state index in [1.54, 1.807) is 20.8 Å². The van der Waals surface area contributed by atoms with Gasteiger partial charge >= 0.3 is 5.70 Å². The van der Waals surface area contributed by atoms with Crippen LogP contribution in [0.4, 0.5) is 0 Å². The topological polar surface area (TPSA) is 60.2 Å². The summed E-state index contributed by atoms with van der Waals surface area (Å²) in [6.45, 7) is 8.76.